The molecule has 2 amide bonds. The van der Waals surface area contributed by atoms with E-state index in [0.717, 1.165) is 12.0 Å². The van der Waals surface area contributed by atoms with Gasteiger partial charge in [0.1, 0.15) is 0 Å². The second-order valence-corrected chi connectivity index (χ2v) is 4.81. The van der Waals surface area contributed by atoms with E-state index >= 15 is 0 Å². The van der Waals surface area contributed by atoms with Gasteiger partial charge in [0.05, 0.1) is 6.54 Å². The van der Waals surface area contributed by atoms with Gasteiger partial charge in [0.2, 0.25) is 0 Å². The maximum atomic E-state index is 12.1. The molecular formula is C13H19ClN4O2. The van der Waals surface area contributed by atoms with Crippen molar-refractivity contribution in [3.05, 3.63) is 28.8 Å². The van der Waals surface area contributed by atoms with Crippen molar-refractivity contribution < 1.29 is 10.0 Å². The smallest absolute Gasteiger partial charge is 0.322 e. The standard InChI is InChI=1S/C13H19ClN4O2/c1-3-6-18(8-12(15)17-20)13(19)16-10-5-4-9(2)11(14)7-10/h4-5,7,20H,3,6,8H2,1-2H3,(H2,15,17)(H,16,19). The number of amidine groups is 1. The zero-order valence-electron chi connectivity index (χ0n) is 11.6. The Kier molecular flexibility index (Phi) is 6.11. The van der Waals surface area contributed by atoms with Crippen molar-refractivity contribution in [1.82, 2.24) is 4.90 Å². The zero-order chi connectivity index (χ0) is 15.1. The quantitative estimate of drug-likeness (QED) is 0.338. The largest absolute Gasteiger partial charge is 0.409 e. The Labute approximate surface area is 123 Å². The highest BCUT2D eigenvalue weighted by Crippen LogP contribution is 2.20. The number of aryl methyl sites for hydroxylation is 1. The molecule has 0 radical (unpaired) electrons. The van der Waals surface area contributed by atoms with E-state index in [4.69, 9.17) is 22.5 Å². The highest BCUT2D eigenvalue weighted by atomic mass is 35.5. The minimum atomic E-state index is -0.321. The topological polar surface area (TPSA) is 90.9 Å². The normalized spacial score (nSPS) is 11.2. The summed E-state index contributed by atoms with van der Waals surface area (Å²) in [7, 11) is 0. The number of nitrogens with one attached hydrogen (secondary N) is 1. The minimum absolute atomic E-state index is 0.0180. The first-order valence-corrected chi connectivity index (χ1v) is 6.64. The molecule has 0 saturated carbocycles. The van der Waals surface area contributed by atoms with Crippen LogP contribution in [0.2, 0.25) is 5.02 Å². The van der Waals surface area contributed by atoms with Gasteiger partial charge in [-0.1, -0.05) is 29.7 Å². The van der Waals surface area contributed by atoms with Crippen molar-refractivity contribution in [2.75, 3.05) is 18.4 Å². The molecule has 0 bridgehead atoms. The first-order chi connectivity index (χ1) is 9.47. The number of amides is 2. The number of nitrogens with zero attached hydrogens (tertiary/aromatic N) is 2. The Morgan fingerprint density at radius 1 is 1.55 bits per heavy atom. The molecule has 6 nitrogen and oxygen atoms in total. The molecule has 1 aromatic carbocycles. The van der Waals surface area contributed by atoms with Crippen LogP contribution in [0.1, 0.15) is 18.9 Å². The summed E-state index contributed by atoms with van der Waals surface area (Å²) < 4.78 is 0. The van der Waals surface area contributed by atoms with Crippen LogP contribution in [-0.4, -0.2) is 35.1 Å². The van der Waals surface area contributed by atoms with Gasteiger partial charge in [-0.15, -0.1) is 0 Å². The summed E-state index contributed by atoms with van der Waals surface area (Å²) in [5, 5.41) is 14.8. The molecule has 0 aliphatic heterocycles. The molecule has 0 aliphatic rings. The molecule has 110 valence electrons. The molecular weight excluding hydrogens is 280 g/mol. The van der Waals surface area contributed by atoms with Crippen molar-refractivity contribution in [3.63, 3.8) is 0 Å². The number of rotatable bonds is 5. The number of halogens is 1. The fraction of sp³-hybridized carbons (Fsp3) is 0.385. The molecule has 1 aromatic rings. The zero-order valence-corrected chi connectivity index (χ0v) is 12.3. The van der Waals surface area contributed by atoms with Crippen LogP contribution in [0.3, 0.4) is 0 Å². The van der Waals surface area contributed by atoms with Gasteiger partial charge in [-0.2, -0.15) is 0 Å². The lowest BCUT2D eigenvalue weighted by Crippen LogP contribution is -2.41. The molecule has 0 aliphatic carbocycles. The number of hydrogen-bond donors (Lipinski definition) is 3. The number of hydrogen-bond acceptors (Lipinski definition) is 3. The number of nitrogens with two attached hydrogens (primary N) is 1. The van der Waals surface area contributed by atoms with Crippen molar-refractivity contribution in [2.45, 2.75) is 20.3 Å². The van der Waals surface area contributed by atoms with Gasteiger partial charge in [0.15, 0.2) is 5.84 Å². The summed E-state index contributed by atoms with van der Waals surface area (Å²) in [6.07, 6.45) is 0.765. The third-order valence-corrected chi connectivity index (χ3v) is 3.09. The highest BCUT2D eigenvalue weighted by Gasteiger charge is 2.14. The Morgan fingerprint density at radius 3 is 2.80 bits per heavy atom. The van der Waals surface area contributed by atoms with Crippen LogP contribution in [0.25, 0.3) is 0 Å². The van der Waals surface area contributed by atoms with Crippen LogP contribution in [0.4, 0.5) is 10.5 Å². The van der Waals surface area contributed by atoms with Crippen LogP contribution < -0.4 is 11.1 Å². The first-order valence-electron chi connectivity index (χ1n) is 6.26. The summed E-state index contributed by atoms with van der Waals surface area (Å²) in [6, 6.07) is 4.96. The predicted octanol–water partition coefficient (Wildman–Crippen LogP) is 2.64. The molecule has 4 N–H and O–H groups in total. The van der Waals surface area contributed by atoms with E-state index in [2.05, 4.69) is 10.5 Å². The highest BCUT2D eigenvalue weighted by molar-refractivity contribution is 6.31. The summed E-state index contributed by atoms with van der Waals surface area (Å²) >= 11 is 6.01. The Morgan fingerprint density at radius 2 is 2.25 bits per heavy atom. The number of urea groups is 1. The molecule has 20 heavy (non-hydrogen) atoms. The Balaban J connectivity index is 2.76. The van der Waals surface area contributed by atoms with Gasteiger partial charge in [-0.05, 0) is 31.0 Å². The number of benzene rings is 1. The molecule has 0 heterocycles. The van der Waals surface area contributed by atoms with Gasteiger partial charge in [-0.3, -0.25) is 0 Å². The Bertz CT molecular complexity index is 505. The van der Waals surface area contributed by atoms with Crippen LogP contribution in [0, 0.1) is 6.92 Å². The lowest BCUT2D eigenvalue weighted by Gasteiger charge is -2.21. The number of anilines is 1. The molecule has 0 unspecified atom stereocenters. The SMILES string of the molecule is CCCN(CC(N)=NO)C(=O)Nc1ccc(C)c(Cl)c1. The molecule has 1 rings (SSSR count). The first kappa shape index (κ1) is 16.1. The fourth-order valence-corrected chi connectivity index (χ4v) is 1.80. The maximum absolute atomic E-state index is 12.1. The summed E-state index contributed by atoms with van der Waals surface area (Å²) in [6.45, 7) is 4.39. The van der Waals surface area contributed by atoms with Crippen molar-refractivity contribution in [3.8, 4) is 0 Å². The van der Waals surface area contributed by atoms with E-state index in [0.29, 0.717) is 17.3 Å². The van der Waals surface area contributed by atoms with Gasteiger partial charge in [-0.25, -0.2) is 4.79 Å². The summed E-state index contributed by atoms with van der Waals surface area (Å²) in [5.74, 6) is -0.0180. The van der Waals surface area contributed by atoms with Crippen LogP contribution in [-0.2, 0) is 0 Å². The predicted molar refractivity (Wildman–Crippen MR) is 80.5 cm³/mol. The van der Waals surface area contributed by atoms with E-state index in [-0.39, 0.29) is 18.4 Å². The average molecular weight is 299 g/mol. The second kappa shape index (κ2) is 7.59. The Hall–Kier alpha value is -1.95. The number of carbonyl (C=O) groups excluding carboxylic acids is 1. The minimum Gasteiger partial charge on any atom is -0.409 e. The van der Waals surface area contributed by atoms with Gasteiger partial charge in [0.25, 0.3) is 0 Å². The molecule has 0 fully saturated rings. The summed E-state index contributed by atoms with van der Waals surface area (Å²) in [4.78, 5) is 13.6. The van der Waals surface area contributed by atoms with Gasteiger partial charge < -0.3 is 21.2 Å². The van der Waals surface area contributed by atoms with Crippen molar-refractivity contribution in [1.29, 1.82) is 0 Å². The fourth-order valence-electron chi connectivity index (χ4n) is 1.62. The molecule has 0 spiro atoms. The molecule has 0 saturated heterocycles. The molecule has 0 aromatic heterocycles. The van der Waals surface area contributed by atoms with E-state index in [1.54, 1.807) is 12.1 Å². The van der Waals surface area contributed by atoms with Crippen LogP contribution >= 0.6 is 11.6 Å². The maximum Gasteiger partial charge on any atom is 0.322 e. The van der Waals surface area contributed by atoms with E-state index < -0.39 is 0 Å². The third kappa shape index (κ3) is 4.62. The lowest BCUT2D eigenvalue weighted by atomic mass is 10.2. The van der Waals surface area contributed by atoms with Crippen LogP contribution in [0.15, 0.2) is 23.4 Å². The lowest BCUT2D eigenvalue weighted by molar-refractivity contribution is 0.218. The second-order valence-electron chi connectivity index (χ2n) is 4.41. The van der Waals surface area contributed by atoms with Crippen molar-refractivity contribution >= 4 is 29.2 Å². The van der Waals surface area contributed by atoms with E-state index in [1.807, 2.05) is 19.9 Å². The number of oxime groups is 1. The van der Waals surface area contributed by atoms with E-state index in [1.165, 1.54) is 4.90 Å². The average Bonchev–Trinajstić information content (AvgIpc) is 2.42. The van der Waals surface area contributed by atoms with Crippen molar-refractivity contribution in [2.24, 2.45) is 10.9 Å². The molecule has 7 heteroatoms. The molecule has 0 atom stereocenters. The monoisotopic (exact) mass is 298 g/mol. The third-order valence-electron chi connectivity index (χ3n) is 2.69. The van der Waals surface area contributed by atoms with Gasteiger partial charge >= 0.3 is 6.03 Å². The van der Waals surface area contributed by atoms with Gasteiger partial charge in [0, 0.05) is 17.3 Å². The summed E-state index contributed by atoms with van der Waals surface area (Å²) in [5.41, 5.74) is 6.98. The number of carbonyl (C=O) groups is 1. The van der Waals surface area contributed by atoms with E-state index in [9.17, 15) is 4.79 Å². The van der Waals surface area contributed by atoms with Crippen LogP contribution in [0.5, 0.6) is 0 Å².